The highest BCUT2D eigenvalue weighted by Crippen LogP contribution is 2.70. The molecule has 1 saturated heterocycles. The first kappa shape index (κ1) is 30.5. The monoisotopic (exact) mass is 651 g/mol. The van der Waals surface area contributed by atoms with Gasteiger partial charge in [0.05, 0.1) is 28.2 Å². The summed E-state index contributed by atoms with van der Waals surface area (Å²) in [5.41, 5.74) is -2.34. The Hall–Kier alpha value is -2.12. The molecule has 0 radical (unpaired) electrons. The Bertz CT molecular complexity index is 1540. The lowest BCUT2D eigenvalue weighted by Crippen LogP contribution is -2.64. The van der Waals surface area contributed by atoms with Crippen molar-refractivity contribution in [2.24, 2.45) is 28.6 Å². The van der Waals surface area contributed by atoms with Crippen molar-refractivity contribution < 1.29 is 41.7 Å². The third kappa shape index (κ3) is 4.57. The number of thiazole rings is 1. The van der Waals surface area contributed by atoms with Crippen LogP contribution in [-0.4, -0.2) is 63.9 Å². The van der Waals surface area contributed by atoms with Crippen LogP contribution in [0.4, 0.5) is 17.6 Å². The summed E-state index contributed by atoms with van der Waals surface area (Å²) in [5.74, 6) is -1.73. The number of nitrogens with zero attached hydrogens (tertiary/aromatic N) is 1. The van der Waals surface area contributed by atoms with Gasteiger partial charge in [0.2, 0.25) is 0 Å². The first-order valence-electron chi connectivity index (χ1n) is 14.9. The summed E-state index contributed by atoms with van der Waals surface area (Å²) in [6.07, 6.45) is -5.48. The number of allylic oxidation sites excluding steroid dienone is 4. The predicted octanol–water partition coefficient (Wildman–Crippen LogP) is 6.62. The Morgan fingerprint density at radius 3 is 2.75 bits per heavy atom. The van der Waals surface area contributed by atoms with Crippen molar-refractivity contribution in [2.75, 3.05) is 5.75 Å². The number of ketones is 2. The first-order chi connectivity index (χ1) is 20.7. The van der Waals surface area contributed by atoms with Gasteiger partial charge < -0.3 is 14.6 Å². The third-order valence-corrected chi connectivity index (χ3v) is 13.1. The van der Waals surface area contributed by atoms with Gasteiger partial charge in [0.25, 0.3) is 0 Å². The van der Waals surface area contributed by atoms with Crippen molar-refractivity contribution in [3.8, 4) is 0 Å². The minimum atomic E-state index is -4.42. The molecule has 1 aromatic carbocycles. The molecule has 0 spiro atoms. The molecule has 5 aliphatic rings. The quantitative estimate of drug-likeness (QED) is 0.278. The Balaban J connectivity index is 1.23. The van der Waals surface area contributed by atoms with Crippen molar-refractivity contribution in [3.05, 3.63) is 48.1 Å². The number of Topliss-reactive ketones (excluding diaryl/α,β-unsaturated/α-hetero) is 1. The van der Waals surface area contributed by atoms with Crippen LogP contribution in [0, 0.1) is 28.6 Å². The number of halogens is 4. The second-order valence-electron chi connectivity index (χ2n) is 13.3. The Kier molecular flexibility index (Phi) is 7.25. The molecule has 2 heterocycles. The first-order valence-corrected chi connectivity index (χ1v) is 16.7. The molecule has 0 bridgehead atoms. The van der Waals surface area contributed by atoms with E-state index in [-0.39, 0.29) is 42.0 Å². The molecular weight excluding hydrogens is 618 g/mol. The van der Waals surface area contributed by atoms with E-state index >= 15 is 4.39 Å². The maximum absolute atomic E-state index is 15.9. The number of thioether (sulfide) groups is 1. The van der Waals surface area contributed by atoms with Gasteiger partial charge in [0.15, 0.2) is 27.8 Å². The second-order valence-corrected chi connectivity index (χ2v) is 15.5. The molecule has 44 heavy (non-hydrogen) atoms. The molecule has 2 aromatic rings. The molecule has 0 amide bonds. The van der Waals surface area contributed by atoms with Crippen LogP contribution in [0.3, 0.4) is 0 Å². The van der Waals surface area contributed by atoms with Crippen LogP contribution in [-0.2, 0) is 19.1 Å². The summed E-state index contributed by atoms with van der Waals surface area (Å²) in [4.78, 5) is 31.2. The molecule has 1 N–H and O–H groups in total. The zero-order chi connectivity index (χ0) is 31.2. The summed E-state index contributed by atoms with van der Waals surface area (Å²) < 4.78 is 69.5. The third-order valence-electron chi connectivity index (χ3n) is 10.9. The summed E-state index contributed by atoms with van der Waals surface area (Å²) in [5, 5.41) is 11.8. The number of carbonyl (C=O) groups excluding carboxylic acids is 2. The van der Waals surface area contributed by atoms with Crippen LogP contribution in [0.25, 0.3) is 10.2 Å². The topological polar surface area (TPSA) is 85.7 Å². The van der Waals surface area contributed by atoms with E-state index in [4.69, 9.17) is 9.47 Å². The highest BCUT2D eigenvalue weighted by atomic mass is 32.2. The Morgan fingerprint density at radius 2 is 2.00 bits per heavy atom. The number of ether oxygens (including phenoxy) is 2. The number of fused-ring (bicyclic) bond motifs is 8. The molecule has 10 atom stereocenters. The van der Waals surface area contributed by atoms with E-state index in [9.17, 15) is 27.9 Å². The molecule has 7 rings (SSSR count). The van der Waals surface area contributed by atoms with Gasteiger partial charge in [-0.2, -0.15) is 13.2 Å². The minimum Gasteiger partial charge on any atom is -0.393 e. The molecule has 4 fully saturated rings. The normalized spacial score (nSPS) is 41.2. The number of hydrogen-bond acceptors (Lipinski definition) is 8. The van der Waals surface area contributed by atoms with E-state index in [2.05, 4.69) is 4.98 Å². The molecule has 1 aliphatic heterocycles. The Morgan fingerprint density at radius 1 is 1.23 bits per heavy atom. The van der Waals surface area contributed by atoms with E-state index in [1.807, 2.05) is 38.1 Å². The largest absolute Gasteiger partial charge is 0.393 e. The summed E-state index contributed by atoms with van der Waals surface area (Å²) in [6.45, 7) is 3.70. The number of para-hydroxylation sites is 1. The molecule has 12 heteroatoms. The van der Waals surface area contributed by atoms with Crippen molar-refractivity contribution >= 4 is 44.9 Å². The predicted molar refractivity (Wildman–Crippen MR) is 157 cm³/mol. The standard InChI is InChI=1S/C32H33F4NO5S2/c1-29-9-7-16(38)11-19(29)20(33)12-17-18-13-25-32(30(18,2)14-22(39)27(17)29,42-26(41-25)8-10-31(34,35)36)24(40)15-43-28-37-21-5-3-4-6-23(21)44-28/h3-7,9,11,17-18,20,22,25-27,39H,8,10,12-15H2,1-2H3/t17?,18?,20-,22?,25+,26?,27?,29?,30?,32+/m0/s1. The van der Waals surface area contributed by atoms with E-state index in [1.54, 1.807) is 6.08 Å². The number of alkyl halides is 4. The van der Waals surface area contributed by atoms with Gasteiger partial charge in [-0.25, -0.2) is 9.37 Å². The van der Waals surface area contributed by atoms with Crippen LogP contribution in [0.15, 0.2) is 52.4 Å². The van der Waals surface area contributed by atoms with Crippen molar-refractivity contribution in [3.63, 3.8) is 0 Å². The fourth-order valence-electron chi connectivity index (χ4n) is 9.21. The lowest BCUT2D eigenvalue weighted by atomic mass is 9.46. The summed E-state index contributed by atoms with van der Waals surface area (Å²) >= 11 is 2.70. The fraction of sp³-hybridized carbons (Fsp3) is 0.594. The second kappa shape index (κ2) is 10.4. The average Bonchev–Trinajstić information content (AvgIpc) is 3.61. The number of hydrogen-bond donors (Lipinski definition) is 1. The minimum absolute atomic E-state index is 0.0423. The number of rotatable bonds is 6. The lowest BCUT2D eigenvalue weighted by Gasteiger charge is -2.60. The maximum Gasteiger partial charge on any atom is 0.389 e. The zero-order valence-corrected chi connectivity index (χ0v) is 25.8. The molecule has 236 valence electrons. The van der Waals surface area contributed by atoms with Gasteiger partial charge in [-0.15, -0.1) is 11.3 Å². The fourth-order valence-corrected chi connectivity index (χ4v) is 11.2. The number of aromatic nitrogens is 1. The van der Waals surface area contributed by atoms with Crippen LogP contribution >= 0.6 is 23.1 Å². The lowest BCUT2D eigenvalue weighted by molar-refractivity contribution is -0.205. The van der Waals surface area contributed by atoms with Crippen LogP contribution < -0.4 is 0 Å². The van der Waals surface area contributed by atoms with Crippen LogP contribution in [0.5, 0.6) is 0 Å². The highest BCUT2D eigenvalue weighted by Gasteiger charge is 2.76. The van der Waals surface area contributed by atoms with Gasteiger partial charge >= 0.3 is 6.18 Å². The molecular formula is C32H33F4NO5S2. The smallest absolute Gasteiger partial charge is 0.389 e. The molecule has 1 aromatic heterocycles. The van der Waals surface area contributed by atoms with E-state index in [0.717, 1.165) is 10.2 Å². The molecule has 3 saturated carbocycles. The number of carbonyl (C=O) groups is 2. The van der Waals surface area contributed by atoms with Gasteiger partial charge in [0, 0.05) is 29.6 Å². The maximum atomic E-state index is 15.9. The number of aliphatic hydroxyl groups is 1. The summed E-state index contributed by atoms with van der Waals surface area (Å²) in [7, 11) is 0. The van der Waals surface area contributed by atoms with Crippen molar-refractivity contribution in [1.29, 1.82) is 0 Å². The molecule has 7 unspecified atom stereocenters. The highest BCUT2D eigenvalue weighted by molar-refractivity contribution is 8.01. The number of benzene rings is 1. The van der Waals surface area contributed by atoms with E-state index < -0.39 is 66.0 Å². The van der Waals surface area contributed by atoms with Crippen LogP contribution in [0.1, 0.15) is 46.0 Å². The number of aliphatic hydroxyl groups excluding tert-OH is 1. The van der Waals surface area contributed by atoms with E-state index in [0.29, 0.717) is 16.3 Å². The van der Waals surface area contributed by atoms with Gasteiger partial charge in [-0.3, -0.25) is 9.59 Å². The van der Waals surface area contributed by atoms with Gasteiger partial charge in [-0.1, -0.05) is 43.8 Å². The summed E-state index contributed by atoms with van der Waals surface area (Å²) in [6, 6.07) is 7.61. The molecule has 6 nitrogen and oxygen atoms in total. The van der Waals surface area contributed by atoms with Crippen molar-refractivity contribution in [1.82, 2.24) is 4.98 Å². The Labute approximate surface area is 260 Å². The van der Waals surface area contributed by atoms with Crippen molar-refractivity contribution in [2.45, 2.75) is 86.7 Å². The average molecular weight is 652 g/mol. The molecule has 4 aliphatic carbocycles. The van der Waals surface area contributed by atoms with E-state index in [1.165, 1.54) is 35.3 Å². The van der Waals surface area contributed by atoms with Gasteiger partial charge in [-0.05, 0) is 61.0 Å². The van der Waals surface area contributed by atoms with Crippen LogP contribution in [0.2, 0.25) is 0 Å². The SMILES string of the molecule is CC12C=CC(=O)C=C1[C@@H](F)CC1C2C(O)CC2(C)C1C[C@H]1OC(CCC(F)(F)F)O[C@]12C(=O)CSc1nc2ccccc2s1. The zero-order valence-electron chi connectivity index (χ0n) is 24.2. The van der Waals surface area contributed by atoms with Gasteiger partial charge in [0.1, 0.15) is 6.17 Å².